The lowest BCUT2D eigenvalue weighted by atomic mass is 10.0. The van der Waals surface area contributed by atoms with E-state index < -0.39 is 12.1 Å². The lowest BCUT2D eigenvalue weighted by Gasteiger charge is -2.22. The Morgan fingerprint density at radius 1 is 0.483 bits per heavy atom. The molecule has 3 N–H and O–H groups in total. The quantitative estimate of drug-likeness (QED) is 0.0323. The highest BCUT2D eigenvalue weighted by Crippen LogP contribution is 2.16. The Bertz CT molecular complexity index is 946. The number of ether oxygens (including phenoxy) is 1. The fourth-order valence-electron chi connectivity index (χ4n) is 7.49. The minimum atomic E-state index is -0.674. The van der Waals surface area contributed by atoms with Crippen molar-refractivity contribution in [1.82, 2.24) is 5.32 Å². The maximum absolute atomic E-state index is 12.4. The van der Waals surface area contributed by atoms with Crippen molar-refractivity contribution < 1.29 is 24.5 Å². The summed E-state index contributed by atoms with van der Waals surface area (Å²) in [5.74, 6) is -0.0780. The average molecular weight is 816 g/mol. The van der Waals surface area contributed by atoms with Crippen molar-refractivity contribution in [3.05, 3.63) is 36.5 Å². The minimum Gasteiger partial charge on any atom is -0.466 e. The molecule has 0 spiro atoms. The fourth-order valence-corrected chi connectivity index (χ4v) is 7.49. The number of aliphatic hydroxyl groups excluding tert-OH is 2. The number of esters is 1. The lowest BCUT2D eigenvalue weighted by molar-refractivity contribution is -0.143. The average Bonchev–Trinajstić information content (AvgIpc) is 3.22. The first kappa shape index (κ1) is 56.1. The van der Waals surface area contributed by atoms with Crippen LogP contribution in [-0.4, -0.2) is 47.4 Å². The van der Waals surface area contributed by atoms with E-state index >= 15 is 0 Å². The Kier molecular flexibility index (Phi) is 46.2. The largest absolute Gasteiger partial charge is 0.466 e. The fraction of sp³-hybridized carbons (Fsp3) is 0.846. The van der Waals surface area contributed by atoms with Gasteiger partial charge in [0.25, 0.3) is 0 Å². The second kappa shape index (κ2) is 47.8. The molecule has 0 fully saturated rings. The second-order valence-corrected chi connectivity index (χ2v) is 17.1. The van der Waals surface area contributed by atoms with Crippen LogP contribution in [-0.2, 0) is 14.3 Å². The summed E-state index contributed by atoms with van der Waals surface area (Å²) in [5.41, 5.74) is 0. The molecule has 0 bridgehead atoms. The molecule has 0 saturated carbocycles. The first-order chi connectivity index (χ1) is 28.5. The third-order valence-corrected chi connectivity index (χ3v) is 11.4. The topological polar surface area (TPSA) is 95.9 Å². The smallest absolute Gasteiger partial charge is 0.305 e. The van der Waals surface area contributed by atoms with Crippen LogP contribution in [0.25, 0.3) is 0 Å². The molecule has 0 aromatic heterocycles. The normalized spacial score (nSPS) is 13.0. The molecular weight excluding hydrogens is 719 g/mol. The molecule has 6 nitrogen and oxygen atoms in total. The lowest BCUT2D eigenvalue weighted by Crippen LogP contribution is -2.45. The Labute approximate surface area is 360 Å². The van der Waals surface area contributed by atoms with E-state index in [9.17, 15) is 19.8 Å². The van der Waals surface area contributed by atoms with E-state index in [1.807, 2.05) is 0 Å². The minimum absolute atomic E-state index is 0.0260. The van der Waals surface area contributed by atoms with E-state index in [2.05, 4.69) is 55.6 Å². The molecule has 0 saturated heterocycles. The third-order valence-electron chi connectivity index (χ3n) is 11.4. The van der Waals surface area contributed by atoms with E-state index in [1.165, 1.54) is 141 Å². The molecule has 1 amide bonds. The highest BCUT2D eigenvalue weighted by Gasteiger charge is 2.20. The first-order valence-electron chi connectivity index (χ1n) is 25.2. The van der Waals surface area contributed by atoms with E-state index in [0.717, 1.165) is 83.5 Å². The van der Waals surface area contributed by atoms with Crippen LogP contribution in [0.1, 0.15) is 258 Å². The van der Waals surface area contributed by atoms with E-state index in [-0.39, 0.29) is 18.5 Å². The van der Waals surface area contributed by atoms with Crippen LogP contribution in [0.3, 0.4) is 0 Å². The summed E-state index contributed by atoms with van der Waals surface area (Å²) < 4.78 is 5.43. The van der Waals surface area contributed by atoms with Crippen LogP contribution >= 0.6 is 0 Å². The second-order valence-electron chi connectivity index (χ2n) is 17.1. The van der Waals surface area contributed by atoms with E-state index in [1.54, 1.807) is 0 Å². The van der Waals surface area contributed by atoms with Gasteiger partial charge in [0, 0.05) is 12.8 Å². The number of aliphatic hydroxyl groups is 2. The Morgan fingerprint density at radius 3 is 1.40 bits per heavy atom. The third kappa shape index (κ3) is 43.7. The Balaban J connectivity index is 3.49. The molecule has 0 aliphatic heterocycles. The zero-order valence-corrected chi connectivity index (χ0v) is 38.5. The van der Waals surface area contributed by atoms with Crippen LogP contribution in [0, 0.1) is 0 Å². The van der Waals surface area contributed by atoms with Gasteiger partial charge < -0.3 is 20.3 Å². The molecule has 0 aliphatic rings. The molecule has 0 heterocycles. The van der Waals surface area contributed by atoms with Gasteiger partial charge >= 0.3 is 5.97 Å². The molecule has 2 atom stereocenters. The summed E-state index contributed by atoms with van der Waals surface area (Å²) in [4.78, 5) is 24.4. The van der Waals surface area contributed by atoms with E-state index in [4.69, 9.17) is 4.74 Å². The predicted molar refractivity (Wildman–Crippen MR) is 250 cm³/mol. The van der Waals surface area contributed by atoms with E-state index in [0.29, 0.717) is 25.9 Å². The first-order valence-corrected chi connectivity index (χ1v) is 25.2. The molecule has 58 heavy (non-hydrogen) atoms. The van der Waals surface area contributed by atoms with Crippen LogP contribution < -0.4 is 5.32 Å². The molecule has 6 heteroatoms. The molecule has 0 radical (unpaired) electrons. The van der Waals surface area contributed by atoms with Crippen molar-refractivity contribution >= 4 is 11.9 Å². The Hall–Kier alpha value is -1.92. The summed E-state index contributed by atoms with van der Waals surface area (Å²) in [6.07, 6.45) is 56.8. The molecule has 0 aromatic carbocycles. The van der Waals surface area contributed by atoms with Gasteiger partial charge in [-0.25, -0.2) is 0 Å². The molecule has 2 unspecified atom stereocenters. The van der Waals surface area contributed by atoms with Gasteiger partial charge in [0.15, 0.2) is 0 Å². The van der Waals surface area contributed by atoms with Crippen molar-refractivity contribution in [2.24, 2.45) is 0 Å². The van der Waals surface area contributed by atoms with Gasteiger partial charge in [0.05, 0.1) is 25.4 Å². The van der Waals surface area contributed by atoms with Gasteiger partial charge in [-0.1, -0.05) is 204 Å². The summed E-state index contributed by atoms with van der Waals surface area (Å²) in [6, 6.07) is -0.553. The van der Waals surface area contributed by atoms with Crippen LogP contribution in [0.15, 0.2) is 36.5 Å². The number of hydrogen-bond acceptors (Lipinski definition) is 5. The van der Waals surface area contributed by atoms with Crippen LogP contribution in [0.2, 0.25) is 0 Å². The number of nitrogens with one attached hydrogen (secondary N) is 1. The van der Waals surface area contributed by atoms with Gasteiger partial charge in [-0.3, -0.25) is 9.59 Å². The summed E-state index contributed by atoms with van der Waals surface area (Å²) in [6.45, 7) is 4.83. The zero-order chi connectivity index (χ0) is 42.3. The highest BCUT2D eigenvalue weighted by atomic mass is 16.5. The number of amides is 1. The number of carbonyl (C=O) groups excluding carboxylic acids is 2. The van der Waals surface area contributed by atoms with Gasteiger partial charge in [0.1, 0.15) is 0 Å². The predicted octanol–water partition coefficient (Wildman–Crippen LogP) is 14.9. The monoisotopic (exact) mass is 816 g/mol. The molecule has 340 valence electrons. The zero-order valence-electron chi connectivity index (χ0n) is 38.5. The molecule has 0 rings (SSSR count). The van der Waals surface area contributed by atoms with Gasteiger partial charge in [-0.15, -0.1) is 0 Å². The van der Waals surface area contributed by atoms with Crippen molar-refractivity contribution in [3.63, 3.8) is 0 Å². The Morgan fingerprint density at radius 2 is 0.897 bits per heavy atom. The molecule has 0 aromatic rings. The SMILES string of the molecule is CCC/C=C\C/C=C\CCCCCCCC(=O)OCCCCCC/C=C\CCCCCCCCCC(=O)NC(CO)C(O)CCCCCCCCCCCCCCC. The molecular formula is C52H97NO5. The van der Waals surface area contributed by atoms with Gasteiger partial charge in [0.2, 0.25) is 5.91 Å². The van der Waals surface area contributed by atoms with Crippen molar-refractivity contribution in [2.45, 2.75) is 270 Å². The number of carbonyl (C=O) groups is 2. The maximum atomic E-state index is 12.4. The maximum Gasteiger partial charge on any atom is 0.305 e. The summed E-state index contributed by atoms with van der Waals surface area (Å²) >= 11 is 0. The number of hydrogen-bond donors (Lipinski definition) is 3. The van der Waals surface area contributed by atoms with Crippen molar-refractivity contribution in [3.8, 4) is 0 Å². The standard InChI is InChI=1S/C52H97NO5/c1-3-5-7-9-11-13-15-20-24-28-32-36-40-44-50(55)49(48-54)53-51(56)45-41-37-33-29-25-22-18-17-19-23-27-31-35-39-43-47-58-52(57)46-42-38-34-30-26-21-16-14-12-10-8-6-4-2/h8,10,14,16,19,23,49-50,54-55H,3-7,9,11-13,15,17-18,20-22,24-48H2,1-2H3,(H,53,56)/b10-8-,16-14-,23-19-. The van der Waals surface area contributed by atoms with Gasteiger partial charge in [-0.05, 0) is 77.0 Å². The summed E-state index contributed by atoms with van der Waals surface area (Å²) in [5, 5.41) is 23.2. The van der Waals surface area contributed by atoms with Crippen LogP contribution in [0.5, 0.6) is 0 Å². The van der Waals surface area contributed by atoms with Crippen molar-refractivity contribution in [1.29, 1.82) is 0 Å². The number of allylic oxidation sites excluding steroid dienone is 6. The number of rotatable bonds is 46. The number of unbranched alkanes of at least 4 members (excludes halogenated alkanes) is 29. The van der Waals surface area contributed by atoms with Crippen LogP contribution in [0.4, 0.5) is 0 Å². The molecule has 0 aliphatic carbocycles. The summed E-state index contributed by atoms with van der Waals surface area (Å²) in [7, 11) is 0. The van der Waals surface area contributed by atoms with Crippen molar-refractivity contribution in [2.75, 3.05) is 13.2 Å². The highest BCUT2D eigenvalue weighted by molar-refractivity contribution is 5.76. The van der Waals surface area contributed by atoms with Gasteiger partial charge in [-0.2, -0.15) is 0 Å².